The van der Waals surface area contributed by atoms with E-state index in [1.807, 2.05) is 0 Å². The number of nitrogens with zero attached hydrogens (tertiary/aromatic N) is 2. The summed E-state index contributed by atoms with van der Waals surface area (Å²) in [6.45, 7) is 2.08. The predicted molar refractivity (Wildman–Crippen MR) is 95.2 cm³/mol. The third-order valence-electron chi connectivity index (χ3n) is 3.36. The molecule has 0 unspecified atom stereocenters. The van der Waals surface area contributed by atoms with E-state index in [0.29, 0.717) is 27.9 Å². The van der Waals surface area contributed by atoms with Gasteiger partial charge in [-0.05, 0) is 31.2 Å². The maximum absolute atomic E-state index is 11.1. The van der Waals surface area contributed by atoms with Crippen LogP contribution >= 0.6 is 23.2 Å². The Morgan fingerprint density at radius 2 is 1.96 bits per heavy atom. The molecular weight excluding hydrogens is 353 g/mol. The zero-order valence-corrected chi connectivity index (χ0v) is 14.6. The van der Waals surface area contributed by atoms with Gasteiger partial charge in [-0.15, -0.1) is 0 Å². The zero-order chi connectivity index (χ0) is 17.7. The van der Waals surface area contributed by atoms with E-state index in [-0.39, 0.29) is 11.4 Å². The number of benzene rings is 2. The van der Waals surface area contributed by atoms with Crippen molar-refractivity contribution in [1.29, 1.82) is 0 Å². The van der Waals surface area contributed by atoms with Gasteiger partial charge in [0.25, 0.3) is 0 Å². The van der Waals surface area contributed by atoms with Crippen molar-refractivity contribution in [3.05, 3.63) is 67.7 Å². The fraction of sp³-hybridized carbons (Fsp3) is 0.188. The van der Waals surface area contributed by atoms with Crippen LogP contribution in [0.15, 0.2) is 41.5 Å². The van der Waals surface area contributed by atoms with Crippen molar-refractivity contribution in [1.82, 2.24) is 5.43 Å². The van der Waals surface area contributed by atoms with E-state index in [1.165, 1.54) is 19.2 Å². The van der Waals surface area contributed by atoms with E-state index in [2.05, 4.69) is 10.5 Å². The van der Waals surface area contributed by atoms with E-state index in [4.69, 9.17) is 27.9 Å². The molecule has 0 aliphatic heterocycles. The smallest absolute Gasteiger partial charge is 0.311 e. The quantitative estimate of drug-likeness (QED) is 0.465. The van der Waals surface area contributed by atoms with Crippen LogP contribution in [0.4, 0.5) is 5.69 Å². The molecule has 6 nitrogen and oxygen atoms in total. The SMILES string of the molecule is COc1ccc(/C(C)=N/NCc2c(Cl)cccc2Cl)cc1[N+](=O)[O-]. The molecule has 0 aliphatic carbocycles. The molecule has 0 heterocycles. The van der Waals surface area contributed by atoms with Crippen LogP contribution in [0.3, 0.4) is 0 Å². The summed E-state index contributed by atoms with van der Waals surface area (Å²) in [6.07, 6.45) is 0. The Kier molecular flexibility index (Phi) is 6.00. The fourth-order valence-corrected chi connectivity index (χ4v) is 2.59. The van der Waals surface area contributed by atoms with Crippen molar-refractivity contribution < 1.29 is 9.66 Å². The van der Waals surface area contributed by atoms with Crippen molar-refractivity contribution in [2.24, 2.45) is 5.10 Å². The lowest BCUT2D eigenvalue weighted by Gasteiger charge is -2.08. The maximum Gasteiger partial charge on any atom is 0.311 e. The second-order valence-corrected chi connectivity index (χ2v) is 5.69. The van der Waals surface area contributed by atoms with Gasteiger partial charge in [-0.3, -0.25) is 10.1 Å². The summed E-state index contributed by atoms with van der Waals surface area (Å²) in [7, 11) is 1.39. The van der Waals surface area contributed by atoms with Crippen molar-refractivity contribution >= 4 is 34.6 Å². The van der Waals surface area contributed by atoms with Crippen LogP contribution in [0.2, 0.25) is 10.0 Å². The van der Waals surface area contributed by atoms with Gasteiger partial charge >= 0.3 is 5.69 Å². The van der Waals surface area contributed by atoms with Gasteiger partial charge in [-0.1, -0.05) is 29.3 Å². The van der Waals surface area contributed by atoms with Crippen LogP contribution in [0.25, 0.3) is 0 Å². The lowest BCUT2D eigenvalue weighted by atomic mass is 10.1. The number of halogens is 2. The molecule has 0 saturated carbocycles. The van der Waals surface area contributed by atoms with Gasteiger partial charge in [-0.2, -0.15) is 5.10 Å². The molecule has 0 aliphatic rings. The number of hydrazone groups is 1. The molecule has 0 saturated heterocycles. The second kappa shape index (κ2) is 7.99. The average molecular weight is 368 g/mol. The summed E-state index contributed by atoms with van der Waals surface area (Å²) in [5.41, 5.74) is 4.70. The molecule has 24 heavy (non-hydrogen) atoms. The Bertz CT molecular complexity index is 774. The summed E-state index contributed by atoms with van der Waals surface area (Å²) in [5.74, 6) is 0.201. The minimum absolute atomic E-state index is 0.112. The maximum atomic E-state index is 11.1. The third-order valence-corrected chi connectivity index (χ3v) is 4.07. The molecule has 0 spiro atoms. The minimum atomic E-state index is -0.493. The molecule has 2 rings (SSSR count). The van der Waals surface area contributed by atoms with E-state index in [0.717, 1.165) is 5.56 Å². The summed E-state index contributed by atoms with van der Waals surface area (Å²) in [6, 6.07) is 9.91. The Balaban J connectivity index is 2.16. The normalized spacial score (nSPS) is 11.2. The molecule has 0 atom stereocenters. The Morgan fingerprint density at radius 3 is 2.54 bits per heavy atom. The zero-order valence-electron chi connectivity index (χ0n) is 13.0. The van der Waals surface area contributed by atoms with E-state index >= 15 is 0 Å². The van der Waals surface area contributed by atoms with Crippen LogP contribution in [0.5, 0.6) is 5.75 Å². The number of hydrogen-bond acceptors (Lipinski definition) is 5. The summed E-state index contributed by atoms with van der Waals surface area (Å²) in [4.78, 5) is 10.6. The number of nitro groups is 1. The third kappa shape index (κ3) is 4.15. The van der Waals surface area contributed by atoms with E-state index in [9.17, 15) is 10.1 Å². The van der Waals surface area contributed by atoms with Gasteiger partial charge in [0.05, 0.1) is 24.3 Å². The Labute approximate surface area is 149 Å². The van der Waals surface area contributed by atoms with Crippen LogP contribution in [-0.4, -0.2) is 17.7 Å². The molecule has 0 bridgehead atoms. The average Bonchev–Trinajstić information content (AvgIpc) is 2.56. The molecule has 2 aromatic carbocycles. The molecule has 0 radical (unpaired) electrons. The van der Waals surface area contributed by atoms with Crippen molar-refractivity contribution in [2.45, 2.75) is 13.5 Å². The molecule has 8 heteroatoms. The molecule has 1 N–H and O–H groups in total. The monoisotopic (exact) mass is 367 g/mol. The molecule has 2 aromatic rings. The molecular formula is C16H15Cl2N3O3. The molecule has 0 fully saturated rings. The minimum Gasteiger partial charge on any atom is -0.490 e. The first-order valence-corrected chi connectivity index (χ1v) is 7.72. The largest absolute Gasteiger partial charge is 0.490 e. The van der Waals surface area contributed by atoms with Gasteiger partial charge in [0, 0.05) is 27.2 Å². The highest BCUT2D eigenvalue weighted by atomic mass is 35.5. The summed E-state index contributed by atoms with van der Waals surface area (Å²) in [5, 5.41) is 16.4. The highest BCUT2D eigenvalue weighted by Gasteiger charge is 2.16. The number of ether oxygens (including phenoxy) is 1. The first-order valence-electron chi connectivity index (χ1n) is 6.97. The molecule has 0 aromatic heterocycles. The standard InChI is InChI=1S/C16H15Cl2N3O3/c1-10(11-6-7-16(24-2)15(8-11)21(22)23)20-19-9-12-13(17)4-3-5-14(12)18/h3-8,19H,9H2,1-2H3/b20-10+. The topological polar surface area (TPSA) is 76.8 Å². The lowest BCUT2D eigenvalue weighted by Crippen LogP contribution is -2.10. The van der Waals surface area contributed by atoms with Crippen LogP contribution < -0.4 is 10.2 Å². The van der Waals surface area contributed by atoms with E-state index in [1.54, 1.807) is 31.2 Å². The Morgan fingerprint density at radius 1 is 1.29 bits per heavy atom. The predicted octanol–water partition coefficient (Wildman–Crippen LogP) is 4.42. The molecule has 0 amide bonds. The van der Waals surface area contributed by atoms with Crippen LogP contribution in [0, 0.1) is 10.1 Å². The van der Waals surface area contributed by atoms with E-state index < -0.39 is 4.92 Å². The highest BCUT2D eigenvalue weighted by molar-refractivity contribution is 6.35. The van der Waals surface area contributed by atoms with Gasteiger partial charge in [0.15, 0.2) is 5.75 Å². The van der Waals surface area contributed by atoms with Crippen LogP contribution in [-0.2, 0) is 6.54 Å². The first kappa shape index (κ1) is 18.0. The first-order chi connectivity index (χ1) is 11.4. The number of nitro benzene ring substituents is 1. The lowest BCUT2D eigenvalue weighted by molar-refractivity contribution is -0.385. The van der Waals surface area contributed by atoms with Crippen molar-refractivity contribution in [3.8, 4) is 5.75 Å². The number of rotatable bonds is 6. The van der Waals surface area contributed by atoms with Crippen LogP contribution in [0.1, 0.15) is 18.1 Å². The van der Waals surface area contributed by atoms with Gasteiger partial charge in [-0.25, -0.2) is 0 Å². The number of methoxy groups -OCH3 is 1. The van der Waals surface area contributed by atoms with Gasteiger partial charge in [0.1, 0.15) is 0 Å². The van der Waals surface area contributed by atoms with Crippen molar-refractivity contribution in [3.63, 3.8) is 0 Å². The highest BCUT2D eigenvalue weighted by Crippen LogP contribution is 2.28. The van der Waals surface area contributed by atoms with Gasteiger partial charge < -0.3 is 10.2 Å². The number of hydrogen-bond donors (Lipinski definition) is 1. The summed E-state index contributed by atoms with van der Waals surface area (Å²) >= 11 is 12.2. The second-order valence-electron chi connectivity index (χ2n) is 4.88. The Hall–Kier alpha value is -2.31. The summed E-state index contributed by atoms with van der Waals surface area (Å²) < 4.78 is 4.98. The number of nitrogens with one attached hydrogen (secondary N) is 1. The van der Waals surface area contributed by atoms with Crippen molar-refractivity contribution in [2.75, 3.05) is 7.11 Å². The van der Waals surface area contributed by atoms with Gasteiger partial charge in [0.2, 0.25) is 0 Å². The molecule has 126 valence electrons. The fourth-order valence-electron chi connectivity index (χ4n) is 2.06.